The van der Waals surface area contributed by atoms with Crippen LogP contribution in [0.2, 0.25) is 5.02 Å². The van der Waals surface area contributed by atoms with Crippen LogP contribution >= 0.6 is 23.2 Å². The summed E-state index contributed by atoms with van der Waals surface area (Å²) in [6.07, 6.45) is 1.23. The van der Waals surface area contributed by atoms with Crippen molar-refractivity contribution in [3.63, 3.8) is 0 Å². The predicted molar refractivity (Wildman–Crippen MR) is 61.6 cm³/mol. The van der Waals surface area contributed by atoms with E-state index in [1.165, 1.54) is 6.20 Å². The summed E-state index contributed by atoms with van der Waals surface area (Å²) in [6, 6.07) is 6.52. The molecule has 1 aliphatic rings. The van der Waals surface area contributed by atoms with E-state index in [0.29, 0.717) is 10.6 Å². The normalized spacial score (nSPS) is 18.5. The minimum absolute atomic E-state index is 0.0787. The second-order valence-corrected chi connectivity index (χ2v) is 5.74. The molecule has 0 N–H and O–H groups in total. The summed E-state index contributed by atoms with van der Waals surface area (Å²) < 4.78 is 22.9. The lowest BCUT2D eigenvalue weighted by Crippen LogP contribution is -2.06. The Bertz CT molecular complexity index is 576. The van der Waals surface area contributed by atoms with Gasteiger partial charge >= 0.3 is 0 Å². The highest BCUT2D eigenvalue weighted by atomic mass is 35.5. The first kappa shape index (κ1) is 10.7. The zero-order chi connectivity index (χ0) is 11.1. The van der Waals surface area contributed by atoms with E-state index in [2.05, 4.69) is 4.99 Å². The van der Waals surface area contributed by atoms with Crippen molar-refractivity contribution in [2.75, 3.05) is 0 Å². The first-order valence-corrected chi connectivity index (χ1v) is 6.20. The van der Waals surface area contributed by atoms with E-state index in [4.69, 9.17) is 23.2 Å². The van der Waals surface area contributed by atoms with Crippen LogP contribution in [-0.2, 0) is 9.84 Å². The number of halogens is 2. The minimum Gasteiger partial charge on any atom is -0.232 e. The van der Waals surface area contributed by atoms with Crippen molar-refractivity contribution in [2.45, 2.75) is 0 Å². The van der Waals surface area contributed by atoms with Gasteiger partial charge in [-0.3, -0.25) is 0 Å². The Morgan fingerprint density at radius 1 is 1.20 bits per heavy atom. The van der Waals surface area contributed by atoms with Crippen molar-refractivity contribution >= 4 is 42.4 Å². The van der Waals surface area contributed by atoms with Gasteiger partial charge in [-0.05, 0) is 29.3 Å². The van der Waals surface area contributed by atoms with Crippen LogP contribution in [0, 0.1) is 0 Å². The molecule has 3 nitrogen and oxygen atoms in total. The van der Waals surface area contributed by atoms with Gasteiger partial charge in [0.15, 0.2) is 0 Å². The van der Waals surface area contributed by atoms with Crippen LogP contribution in [0.4, 0.5) is 0 Å². The Labute approximate surface area is 97.0 Å². The molecule has 0 aromatic heterocycles. The summed E-state index contributed by atoms with van der Waals surface area (Å²) in [5.74, 6) is 0. The molecule has 1 heterocycles. The molecule has 1 aromatic carbocycles. The molecule has 0 radical (unpaired) electrons. The standard InChI is InChI=1S/C9H5Cl2NO2S/c10-7-3-1-2-6(4-7)8-5-12-9(11)15(8,13)14/h1-5H. The summed E-state index contributed by atoms with van der Waals surface area (Å²) >= 11 is 11.2. The van der Waals surface area contributed by atoms with Crippen molar-refractivity contribution in [1.82, 2.24) is 0 Å². The van der Waals surface area contributed by atoms with Crippen molar-refractivity contribution in [1.29, 1.82) is 0 Å². The van der Waals surface area contributed by atoms with E-state index in [9.17, 15) is 8.42 Å². The zero-order valence-corrected chi connectivity index (χ0v) is 9.64. The maximum atomic E-state index is 11.6. The summed E-state index contributed by atoms with van der Waals surface area (Å²) in [6.45, 7) is 0. The largest absolute Gasteiger partial charge is 0.237 e. The van der Waals surface area contributed by atoms with Gasteiger partial charge in [-0.2, -0.15) is 0 Å². The van der Waals surface area contributed by atoms with Crippen LogP contribution in [0.15, 0.2) is 35.5 Å². The van der Waals surface area contributed by atoms with Crippen LogP contribution in [0.5, 0.6) is 0 Å². The Morgan fingerprint density at radius 3 is 2.47 bits per heavy atom. The summed E-state index contributed by atoms with van der Waals surface area (Å²) in [5, 5.41) is 0.464. The van der Waals surface area contributed by atoms with E-state index in [0.717, 1.165) is 0 Å². The first-order valence-electron chi connectivity index (χ1n) is 3.96. The number of benzene rings is 1. The maximum Gasteiger partial charge on any atom is 0.237 e. The molecule has 0 saturated carbocycles. The topological polar surface area (TPSA) is 46.5 Å². The van der Waals surface area contributed by atoms with Gasteiger partial charge in [0.1, 0.15) is 0 Å². The lowest BCUT2D eigenvalue weighted by Gasteiger charge is -2.02. The molecule has 1 aliphatic heterocycles. The second-order valence-electron chi connectivity index (χ2n) is 2.89. The lowest BCUT2D eigenvalue weighted by atomic mass is 10.2. The van der Waals surface area contributed by atoms with Crippen molar-refractivity contribution < 1.29 is 8.42 Å². The fourth-order valence-corrected chi connectivity index (χ4v) is 2.70. The lowest BCUT2D eigenvalue weighted by molar-refractivity contribution is 0.617. The molecule has 2 rings (SSSR count). The molecule has 0 spiro atoms. The number of rotatable bonds is 1. The third-order valence-electron chi connectivity index (χ3n) is 1.90. The Balaban J connectivity index is 2.54. The molecule has 78 valence electrons. The SMILES string of the molecule is O=S1(=O)C(c2cccc(Cl)c2)=CN=C1Cl. The van der Waals surface area contributed by atoms with Crippen molar-refractivity contribution in [2.24, 2.45) is 4.99 Å². The molecule has 0 atom stereocenters. The predicted octanol–water partition coefficient (Wildman–Crippen LogP) is 2.66. The fourth-order valence-electron chi connectivity index (χ4n) is 1.21. The van der Waals surface area contributed by atoms with E-state index in [-0.39, 0.29) is 4.91 Å². The molecule has 1 aromatic rings. The zero-order valence-electron chi connectivity index (χ0n) is 7.31. The van der Waals surface area contributed by atoms with Crippen molar-refractivity contribution in [3.05, 3.63) is 41.1 Å². The molecule has 0 amide bonds. The van der Waals surface area contributed by atoms with E-state index >= 15 is 0 Å². The van der Waals surface area contributed by atoms with Crippen LogP contribution in [-0.4, -0.2) is 12.9 Å². The van der Waals surface area contributed by atoms with Crippen LogP contribution in [0.1, 0.15) is 5.56 Å². The van der Waals surface area contributed by atoms with Crippen molar-refractivity contribution in [3.8, 4) is 0 Å². The van der Waals surface area contributed by atoms with Gasteiger partial charge in [0, 0.05) is 11.2 Å². The summed E-state index contributed by atoms with van der Waals surface area (Å²) in [4.78, 5) is 3.64. The number of hydrogen-bond acceptors (Lipinski definition) is 3. The van der Waals surface area contributed by atoms with Gasteiger partial charge in [-0.1, -0.05) is 23.7 Å². The molecular formula is C9H5Cl2NO2S. The van der Waals surface area contributed by atoms with Crippen LogP contribution in [0.3, 0.4) is 0 Å². The van der Waals surface area contributed by atoms with Crippen LogP contribution in [0.25, 0.3) is 4.91 Å². The maximum absolute atomic E-state index is 11.6. The molecule has 0 bridgehead atoms. The molecule has 15 heavy (non-hydrogen) atoms. The smallest absolute Gasteiger partial charge is 0.232 e. The molecule has 0 aliphatic carbocycles. The van der Waals surface area contributed by atoms with E-state index in [1.54, 1.807) is 24.3 Å². The Kier molecular flexibility index (Phi) is 2.58. The number of hydrogen-bond donors (Lipinski definition) is 0. The van der Waals surface area contributed by atoms with Gasteiger partial charge in [0.25, 0.3) is 0 Å². The average molecular weight is 262 g/mol. The van der Waals surface area contributed by atoms with E-state index in [1.807, 2.05) is 0 Å². The first-order chi connectivity index (χ1) is 7.01. The number of sulfone groups is 1. The molecule has 0 saturated heterocycles. The average Bonchev–Trinajstić information content (AvgIpc) is 2.42. The molecular weight excluding hydrogens is 257 g/mol. The van der Waals surface area contributed by atoms with Gasteiger partial charge in [-0.15, -0.1) is 0 Å². The quantitative estimate of drug-likeness (QED) is 0.781. The third-order valence-corrected chi connectivity index (χ3v) is 4.31. The van der Waals surface area contributed by atoms with E-state index < -0.39 is 14.3 Å². The second kappa shape index (κ2) is 3.63. The third kappa shape index (κ3) is 1.80. The number of aliphatic imine (C=N–C) groups is 1. The van der Waals surface area contributed by atoms with Gasteiger partial charge in [0.05, 0.1) is 4.91 Å². The van der Waals surface area contributed by atoms with Gasteiger partial charge in [0.2, 0.25) is 14.3 Å². The molecule has 0 fully saturated rings. The summed E-state index contributed by atoms with van der Waals surface area (Å²) in [7, 11) is -3.62. The highest BCUT2D eigenvalue weighted by Crippen LogP contribution is 2.30. The fraction of sp³-hybridized carbons (Fsp3) is 0. The monoisotopic (exact) mass is 261 g/mol. The van der Waals surface area contributed by atoms with Gasteiger partial charge < -0.3 is 0 Å². The minimum atomic E-state index is -3.62. The van der Waals surface area contributed by atoms with Crippen LogP contribution < -0.4 is 0 Å². The Morgan fingerprint density at radius 2 is 1.93 bits per heavy atom. The molecule has 6 heteroatoms. The van der Waals surface area contributed by atoms with Gasteiger partial charge in [-0.25, -0.2) is 13.4 Å². The molecule has 0 unspecified atom stereocenters. The summed E-state index contributed by atoms with van der Waals surface area (Å²) in [5.41, 5.74) is 0.488. The highest BCUT2D eigenvalue weighted by Gasteiger charge is 2.29. The highest BCUT2D eigenvalue weighted by molar-refractivity contribution is 8.17. The Hall–Kier alpha value is -0.840. The number of nitrogens with zero attached hydrogens (tertiary/aromatic N) is 1.